The molecule has 0 fully saturated rings. The molecule has 0 amide bonds. The van der Waals surface area contributed by atoms with Crippen LogP contribution in [-0.2, 0) is 10.1 Å². The maximum atomic E-state index is 12.2. The van der Waals surface area contributed by atoms with E-state index in [4.69, 9.17) is 17.3 Å². The van der Waals surface area contributed by atoms with E-state index in [9.17, 15) is 21.6 Å². The molecule has 2 N–H and O–H groups in total. The van der Waals surface area contributed by atoms with Crippen LogP contribution >= 0.6 is 27.5 Å². The normalized spacial score (nSPS) is 12.5. The number of benzene rings is 2. The Balaban J connectivity index is 2.19. The minimum atomic E-state index is -5.71. The molecule has 0 spiro atoms. The molecule has 0 aliphatic rings. The first-order chi connectivity index (χ1) is 11.5. The van der Waals surface area contributed by atoms with Crippen molar-refractivity contribution in [2.24, 2.45) is 4.99 Å². The van der Waals surface area contributed by atoms with E-state index in [1.165, 1.54) is 18.3 Å². The maximum absolute atomic E-state index is 12.2. The van der Waals surface area contributed by atoms with Crippen LogP contribution in [0.3, 0.4) is 0 Å². The van der Waals surface area contributed by atoms with Gasteiger partial charge in [0, 0.05) is 16.3 Å². The van der Waals surface area contributed by atoms with Gasteiger partial charge in [0.15, 0.2) is 0 Å². The van der Waals surface area contributed by atoms with Gasteiger partial charge in [-0.15, -0.1) is 0 Å². The first-order valence-corrected chi connectivity index (χ1v) is 8.97. The van der Waals surface area contributed by atoms with Gasteiger partial charge in [0.05, 0.1) is 16.4 Å². The lowest BCUT2D eigenvalue weighted by Gasteiger charge is -2.09. The van der Waals surface area contributed by atoms with Gasteiger partial charge in [-0.25, -0.2) is 0 Å². The molecule has 0 aromatic heterocycles. The highest BCUT2D eigenvalue weighted by atomic mass is 79.9. The zero-order valence-electron chi connectivity index (χ0n) is 12.1. The Morgan fingerprint density at radius 3 is 2.36 bits per heavy atom. The second-order valence-corrected chi connectivity index (χ2v) is 7.49. The van der Waals surface area contributed by atoms with Crippen LogP contribution in [-0.4, -0.2) is 20.1 Å². The predicted molar refractivity (Wildman–Crippen MR) is 92.9 cm³/mol. The molecule has 134 valence electrons. The lowest BCUT2D eigenvalue weighted by Crippen LogP contribution is -2.27. The Labute approximate surface area is 154 Å². The van der Waals surface area contributed by atoms with Crippen molar-refractivity contribution < 1.29 is 25.8 Å². The van der Waals surface area contributed by atoms with Crippen molar-refractivity contribution >= 4 is 55.2 Å². The van der Waals surface area contributed by atoms with E-state index >= 15 is 0 Å². The Morgan fingerprint density at radius 2 is 1.80 bits per heavy atom. The van der Waals surface area contributed by atoms with E-state index in [1.54, 1.807) is 12.1 Å². The molecule has 0 atom stereocenters. The molecule has 0 heterocycles. The number of alkyl halides is 3. The minimum Gasteiger partial charge on any atom is -0.397 e. The van der Waals surface area contributed by atoms with Crippen molar-refractivity contribution in [2.45, 2.75) is 5.51 Å². The maximum Gasteiger partial charge on any atom is 0.534 e. The van der Waals surface area contributed by atoms with Crippen molar-refractivity contribution in [2.75, 3.05) is 5.73 Å². The third kappa shape index (κ3) is 4.86. The number of nitrogen functional groups attached to an aromatic ring is 1. The van der Waals surface area contributed by atoms with Crippen LogP contribution in [0, 0.1) is 0 Å². The molecule has 25 heavy (non-hydrogen) atoms. The van der Waals surface area contributed by atoms with Gasteiger partial charge in [0.2, 0.25) is 0 Å². The van der Waals surface area contributed by atoms with Gasteiger partial charge >= 0.3 is 15.6 Å². The molecule has 2 aromatic rings. The monoisotopic (exact) mass is 456 g/mol. The average Bonchev–Trinajstić information content (AvgIpc) is 2.49. The SMILES string of the molecule is Nc1c(Cl)cc(Br)cc1C=Nc1ccc(OS(=O)(=O)C(F)(F)F)cc1. The Morgan fingerprint density at radius 1 is 1.20 bits per heavy atom. The molecule has 0 saturated heterocycles. The zero-order valence-corrected chi connectivity index (χ0v) is 15.2. The summed E-state index contributed by atoms with van der Waals surface area (Å²) in [4.78, 5) is 4.09. The summed E-state index contributed by atoms with van der Waals surface area (Å²) in [5, 5.41) is 0.330. The fourth-order valence-corrected chi connectivity index (χ4v) is 2.91. The van der Waals surface area contributed by atoms with E-state index in [2.05, 4.69) is 25.1 Å². The molecule has 0 radical (unpaired) electrons. The van der Waals surface area contributed by atoms with Gasteiger partial charge in [-0.3, -0.25) is 4.99 Å². The lowest BCUT2D eigenvalue weighted by molar-refractivity contribution is -0.0500. The summed E-state index contributed by atoms with van der Waals surface area (Å²) < 4.78 is 63.2. The predicted octanol–water partition coefficient (Wildman–Crippen LogP) is 4.66. The Kier molecular flexibility index (Phi) is 5.65. The highest BCUT2D eigenvalue weighted by Gasteiger charge is 2.48. The van der Waals surface area contributed by atoms with Crippen LogP contribution < -0.4 is 9.92 Å². The third-order valence-corrected chi connectivity index (χ3v) is 4.55. The summed E-state index contributed by atoms with van der Waals surface area (Å²) in [6, 6.07) is 7.96. The fourth-order valence-electron chi connectivity index (χ4n) is 1.62. The van der Waals surface area contributed by atoms with Gasteiger partial charge in [-0.05, 0) is 36.4 Å². The van der Waals surface area contributed by atoms with E-state index < -0.39 is 21.4 Å². The summed E-state index contributed by atoms with van der Waals surface area (Å²) in [6.07, 6.45) is 1.41. The zero-order chi connectivity index (χ0) is 18.8. The molecule has 0 bridgehead atoms. The van der Waals surface area contributed by atoms with Crippen LogP contribution in [0.5, 0.6) is 5.75 Å². The summed E-state index contributed by atoms with van der Waals surface area (Å²) in [5.41, 5.74) is 1.49. The highest BCUT2D eigenvalue weighted by Crippen LogP contribution is 2.29. The molecule has 2 rings (SSSR count). The number of nitrogens with two attached hydrogens (primary N) is 1. The number of nitrogens with zero attached hydrogens (tertiary/aromatic N) is 1. The summed E-state index contributed by atoms with van der Waals surface area (Å²) >= 11 is 9.20. The van der Waals surface area contributed by atoms with Gasteiger partial charge in [-0.1, -0.05) is 27.5 Å². The lowest BCUT2D eigenvalue weighted by atomic mass is 10.2. The van der Waals surface area contributed by atoms with E-state index in [0.717, 1.165) is 12.1 Å². The van der Waals surface area contributed by atoms with Gasteiger partial charge < -0.3 is 9.92 Å². The second-order valence-electron chi connectivity index (χ2n) is 4.63. The third-order valence-electron chi connectivity index (χ3n) is 2.81. The van der Waals surface area contributed by atoms with Gasteiger partial charge in [-0.2, -0.15) is 21.6 Å². The second kappa shape index (κ2) is 7.22. The van der Waals surface area contributed by atoms with Crippen molar-refractivity contribution in [1.82, 2.24) is 0 Å². The number of anilines is 1. The summed E-state index contributed by atoms with van der Waals surface area (Å²) in [5.74, 6) is -0.485. The average molecular weight is 458 g/mol. The first-order valence-electron chi connectivity index (χ1n) is 6.39. The molecule has 11 heteroatoms. The number of rotatable bonds is 4. The molecule has 0 unspecified atom stereocenters. The molecule has 2 aromatic carbocycles. The van der Waals surface area contributed by atoms with Crippen LogP contribution in [0.1, 0.15) is 5.56 Å². The van der Waals surface area contributed by atoms with Crippen molar-refractivity contribution in [3.8, 4) is 5.75 Å². The number of aliphatic imine (C=N–C) groups is 1. The van der Waals surface area contributed by atoms with Crippen LogP contribution in [0.4, 0.5) is 24.5 Å². The molecular weight excluding hydrogens is 449 g/mol. The quantitative estimate of drug-likeness (QED) is 0.313. The summed E-state index contributed by atoms with van der Waals surface area (Å²) in [6.45, 7) is 0. The van der Waals surface area contributed by atoms with Crippen LogP contribution in [0.2, 0.25) is 5.02 Å². The first kappa shape index (κ1) is 19.5. The Bertz CT molecular complexity index is 916. The summed E-state index contributed by atoms with van der Waals surface area (Å²) in [7, 11) is -5.71. The van der Waals surface area contributed by atoms with Crippen molar-refractivity contribution in [1.29, 1.82) is 0 Å². The number of hydrogen-bond acceptors (Lipinski definition) is 5. The topological polar surface area (TPSA) is 81.8 Å². The standard InChI is InChI=1S/C14H9BrClF3N2O3S/c15-9-5-8(13(20)12(16)6-9)7-21-10-1-3-11(4-2-10)24-25(22,23)14(17,18)19/h1-7H,20H2. The van der Waals surface area contributed by atoms with E-state index in [-0.39, 0.29) is 0 Å². The van der Waals surface area contributed by atoms with Gasteiger partial charge in [0.25, 0.3) is 0 Å². The smallest absolute Gasteiger partial charge is 0.397 e. The highest BCUT2D eigenvalue weighted by molar-refractivity contribution is 9.10. The van der Waals surface area contributed by atoms with Crippen molar-refractivity contribution in [3.63, 3.8) is 0 Å². The molecular formula is C14H9BrClF3N2O3S. The molecule has 0 saturated carbocycles. The molecule has 0 aliphatic heterocycles. The van der Waals surface area contributed by atoms with Crippen LogP contribution in [0.25, 0.3) is 0 Å². The number of hydrogen-bond donors (Lipinski definition) is 1. The van der Waals surface area contributed by atoms with E-state index in [1.807, 2.05) is 0 Å². The largest absolute Gasteiger partial charge is 0.534 e. The van der Waals surface area contributed by atoms with Crippen molar-refractivity contribution in [3.05, 3.63) is 51.5 Å². The Hall–Kier alpha value is -1.78. The van der Waals surface area contributed by atoms with E-state index in [0.29, 0.717) is 26.4 Å². The van der Waals surface area contributed by atoms with Gasteiger partial charge in [0.1, 0.15) is 5.75 Å². The molecule has 5 nitrogen and oxygen atoms in total. The van der Waals surface area contributed by atoms with Crippen LogP contribution in [0.15, 0.2) is 45.9 Å². The number of halogens is 5. The minimum absolute atomic E-state index is 0.310. The fraction of sp³-hybridized carbons (Fsp3) is 0.0714. The molecule has 0 aliphatic carbocycles.